The first-order valence-electron chi connectivity index (χ1n) is 5.49. The molecule has 0 saturated heterocycles. The molecule has 2 aromatic carbocycles. The highest BCUT2D eigenvalue weighted by atomic mass is 19.3. The Morgan fingerprint density at radius 3 is 2.18 bits per heavy atom. The van der Waals surface area contributed by atoms with E-state index in [1.165, 1.54) is 19.9 Å². The largest absolute Gasteiger partial charge is 0.320 e. The molecule has 0 aromatic heterocycles. The van der Waals surface area contributed by atoms with Crippen LogP contribution in [0.1, 0.15) is 19.4 Å². The molecule has 0 heterocycles. The fraction of sp³-hybridized carbons (Fsp3) is 0.286. The van der Waals surface area contributed by atoms with Crippen molar-refractivity contribution in [3.63, 3.8) is 0 Å². The van der Waals surface area contributed by atoms with Crippen LogP contribution >= 0.6 is 0 Å². The van der Waals surface area contributed by atoms with Crippen LogP contribution < -0.4 is 5.73 Å². The highest BCUT2D eigenvalue weighted by Crippen LogP contribution is 2.40. The maximum Gasteiger partial charge on any atom is 0.290 e. The van der Waals surface area contributed by atoms with Gasteiger partial charge in [-0.3, -0.25) is 0 Å². The number of halogens is 2. The van der Waals surface area contributed by atoms with E-state index in [1.807, 2.05) is 18.2 Å². The van der Waals surface area contributed by atoms with Crippen molar-refractivity contribution in [1.29, 1.82) is 0 Å². The zero-order valence-corrected chi connectivity index (χ0v) is 9.87. The van der Waals surface area contributed by atoms with E-state index >= 15 is 0 Å². The molecule has 1 nitrogen and oxygen atoms in total. The Morgan fingerprint density at radius 2 is 1.53 bits per heavy atom. The Labute approximate surface area is 99.2 Å². The Kier molecular flexibility index (Phi) is 2.66. The highest BCUT2D eigenvalue weighted by molar-refractivity contribution is 5.86. The van der Waals surface area contributed by atoms with Crippen LogP contribution in [0.25, 0.3) is 10.8 Å². The average molecular weight is 235 g/mol. The van der Waals surface area contributed by atoms with E-state index in [-0.39, 0.29) is 5.56 Å². The topological polar surface area (TPSA) is 26.0 Å². The van der Waals surface area contributed by atoms with Gasteiger partial charge < -0.3 is 5.73 Å². The molecule has 2 rings (SSSR count). The number of fused-ring (bicyclic) bond motifs is 1. The summed E-state index contributed by atoms with van der Waals surface area (Å²) >= 11 is 0. The second-order valence-electron chi connectivity index (χ2n) is 4.82. The summed E-state index contributed by atoms with van der Waals surface area (Å²) < 4.78 is 28.5. The van der Waals surface area contributed by atoms with Gasteiger partial charge in [0.1, 0.15) is 0 Å². The zero-order valence-electron chi connectivity index (χ0n) is 9.87. The Morgan fingerprint density at radius 1 is 0.941 bits per heavy atom. The van der Waals surface area contributed by atoms with Gasteiger partial charge in [0.05, 0.1) is 5.54 Å². The predicted molar refractivity (Wildman–Crippen MR) is 66.1 cm³/mol. The molecule has 3 heteroatoms. The van der Waals surface area contributed by atoms with Gasteiger partial charge >= 0.3 is 0 Å². The minimum Gasteiger partial charge on any atom is -0.320 e. The van der Waals surface area contributed by atoms with E-state index in [4.69, 9.17) is 5.73 Å². The van der Waals surface area contributed by atoms with Crippen LogP contribution in [0.2, 0.25) is 0 Å². The smallest absolute Gasteiger partial charge is 0.290 e. The summed E-state index contributed by atoms with van der Waals surface area (Å²) in [5.74, 6) is -3.06. The lowest BCUT2D eigenvalue weighted by atomic mass is 9.88. The van der Waals surface area contributed by atoms with Crippen molar-refractivity contribution in [1.82, 2.24) is 0 Å². The van der Waals surface area contributed by atoms with Crippen molar-refractivity contribution in [3.05, 3.63) is 48.0 Å². The van der Waals surface area contributed by atoms with E-state index in [1.54, 1.807) is 18.2 Å². The molecule has 90 valence electrons. The van der Waals surface area contributed by atoms with Gasteiger partial charge in [-0.15, -0.1) is 0 Å². The van der Waals surface area contributed by atoms with Crippen molar-refractivity contribution in [2.45, 2.75) is 25.3 Å². The third kappa shape index (κ3) is 1.91. The summed E-state index contributed by atoms with van der Waals surface area (Å²) in [5, 5.41) is 1.35. The first kappa shape index (κ1) is 12.0. The Balaban J connectivity index is 2.72. The first-order valence-corrected chi connectivity index (χ1v) is 5.49. The average Bonchev–Trinajstić information content (AvgIpc) is 2.26. The molecule has 0 radical (unpaired) electrons. The van der Waals surface area contributed by atoms with Crippen LogP contribution in [-0.2, 0) is 5.92 Å². The number of hydrogen-bond acceptors (Lipinski definition) is 1. The van der Waals surface area contributed by atoms with Crippen molar-refractivity contribution in [3.8, 4) is 0 Å². The van der Waals surface area contributed by atoms with Gasteiger partial charge in [0.15, 0.2) is 0 Å². The minimum absolute atomic E-state index is 0.0110. The maximum atomic E-state index is 14.3. The number of hydrogen-bond donors (Lipinski definition) is 1. The van der Waals surface area contributed by atoms with E-state index in [0.717, 1.165) is 5.39 Å². The molecular weight excluding hydrogens is 220 g/mol. The summed E-state index contributed by atoms with van der Waals surface area (Å²) in [6.07, 6.45) is 0. The van der Waals surface area contributed by atoms with Crippen LogP contribution in [-0.4, -0.2) is 5.54 Å². The van der Waals surface area contributed by atoms with Gasteiger partial charge in [-0.05, 0) is 24.6 Å². The molecule has 0 aliphatic carbocycles. The van der Waals surface area contributed by atoms with E-state index in [2.05, 4.69) is 0 Å². The monoisotopic (exact) mass is 235 g/mol. The Bertz CT molecular complexity index is 536. The van der Waals surface area contributed by atoms with Gasteiger partial charge in [-0.1, -0.05) is 42.5 Å². The molecule has 0 saturated carbocycles. The third-order valence-corrected chi connectivity index (χ3v) is 2.94. The second-order valence-corrected chi connectivity index (χ2v) is 4.82. The summed E-state index contributed by atoms with van der Waals surface area (Å²) in [7, 11) is 0. The lowest BCUT2D eigenvalue weighted by molar-refractivity contribution is -0.0659. The molecule has 0 unspecified atom stereocenters. The minimum atomic E-state index is -3.06. The SMILES string of the molecule is CC(C)(N)C(F)(F)c1cccc2ccccc12. The number of benzene rings is 2. The molecule has 2 N–H and O–H groups in total. The van der Waals surface area contributed by atoms with Gasteiger partial charge in [-0.25, -0.2) is 0 Å². The summed E-state index contributed by atoms with van der Waals surface area (Å²) in [6, 6.07) is 12.0. The van der Waals surface area contributed by atoms with Crippen LogP contribution in [0, 0.1) is 0 Å². The maximum absolute atomic E-state index is 14.3. The predicted octanol–water partition coefficient (Wildman–Crippen LogP) is 3.67. The van der Waals surface area contributed by atoms with Crippen LogP contribution in [0.3, 0.4) is 0 Å². The molecular formula is C14H15F2N. The van der Waals surface area contributed by atoms with Crippen LogP contribution in [0.15, 0.2) is 42.5 Å². The van der Waals surface area contributed by atoms with Crippen LogP contribution in [0.5, 0.6) is 0 Å². The standard InChI is InChI=1S/C14H15F2N/c1-13(2,17)14(15,16)12-9-5-7-10-6-3-4-8-11(10)12/h3-9H,17H2,1-2H3. The highest BCUT2D eigenvalue weighted by Gasteiger charge is 2.46. The number of rotatable bonds is 2. The quantitative estimate of drug-likeness (QED) is 0.844. The summed E-state index contributed by atoms with van der Waals surface area (Å²) in [6.45, 7) is 2.68. The van der Waals surface area contributed by atoms with E-state index in [9.17, 15) is 8.78 Å². The molecule has 0 aliphatic rings. The lowest BCUT2D eigenvalue weighted by Gasteiger charge is -2.31. The normalized spacial score (nSPS) is 13.0. The van der Waals surface area contributed by atoms with Crippen molar-refractivity contribution < 1.29 is 8.78 Å². The second kappa shape index (κ2) is 3.77. The zero-order chi connectivity index (χ0) is 12.7. The molecule has 0 amide bonds. The van der Waals surface area contributed by atoms with E-state index in [0.29, 0.717) is 5.39 Å². The molecule has 0 aliphatic heterocycles. The van der Waals surface area contributed by atoms with Crippen molar-refractivity contribution in [2.24, 2.45) is 5.73 Å². The van der Waals surface area contributed by atoms with Gasteiger partial charge in [-0.2, -0.15) is 8.78 Å². The molecule has 0 bridgehead atoms. The third-order valence-electron chi connectivity index (χ3n) is 2.94. The Hall–Kier alpha value is -1.48. The molecule has 2 aromatic rings. The molecule has 0 atom stereocenters. The fourth-order valence-corrected chi connectivity index (χ4v) is 1.85. The molecule has 0 spiro atoms. The van der Waals surface area contributed by atoms with E-state index < -0.39 is 11.5 Å². The van der Waals surface area contributed by atoms with Crippen LogP contribution in [0.4, 0.5) is 8.78 Å². The summed E-state index contributed by atoms with van der Waals surface area (Å²) in [5.41, 5.74) is 3.99. The van der Waals surface area contributed by atoms with Gasteiger partial charge in [0.2, 0.25) is 0 Å². The molecule has 17 heavy (non-hydrogen) atoms. The van der Waals surface area contributed by atoms with Crippen molar-refractivity contribution in [2.75, 3.05) is 0 Å². The lowest BCUT2D eigenvalue weighted by Crippen LogP contribution is -2.48. The summed E-state index contributed by atoms with van der Waals surface area (Å²) in [4.78, 5) is 0. The first-order chi connectivity index (χ1) is 7.84. The number of nitrogens with two attached hydrogens (primary N) is 1. The molecule has 0 fully saturated rings. The van der Waals surface area contributed by atoms with Gasteiger partial charge in [0, 0.05) is 5.56 Å². The fourth-order valence-electron chi connectivity index (χ4n) is 1.85. The van der Waals surface area contributed by atoms with Gasteiger partial charge in [0.25, 0.3) is 5.92 Å². The number of alkyl halides is 2. The van der Waals surface area contributed by atoms with Crippen molar-refractivity contribution >= 4 is 10.8 Å².